The van der Waals surface area contributed by atoms with Gasteiger partial charge in [0.05, 0.1) is 11.8 Å². The van der Waals surface area contributed by atoms with Gasteiger partial charge in [0.2, 0.25) is 5.91 Å². The highest BCUT2D eigenvalue weighted by Gasteiger charge is 2.36. The van der Waals surface area contributed by atoms with Gasteiger partial charge in [0.1, 0.15) is 4.88 Å². The molecule has 1 aliphatic heterocycles. The molecule has 0 saturated carbocycles. The van der Waals surface area contributed by atoms with Gasteiger partial charge in [-0.25, -0.2) is 0 Å². The molecule has 0 aliphatic carbocycles. The number of ether oxygens (including phenoxy) is 1. The third-order valence-electron chi connectivity index (χ3n) is 5.26. The van der Waals surface area contributed by atoms with Crippen LogP contribution in [0.2, 0.25) is 0 Å². The third kappa shape index (κ3) is 4.90. The zero-order valence-corrected chi connectivity index (χ0v) is 19.2. The van der Waals surface area contributed by atoms with Gasteiger partial charge in [-0.1, -0.05) is 24.3 Å². The summed E-state index contributed by atoms with van der Waals surface area (Å²) in [7, 11) is 0. The fraction of sp³-hybridized carbons (Fsp3) is 0.273. The predicted octanol–water partition coefficient (Wildman–Crippen LogP) is 2.57. The van der Waals surface area contributed by atoms with E-state index in [1.54, 1.807) is 30.3 Å². The lowest BCUT2D eigenvalue weighted by molar-refractivity contribution is -0.122. The van der Waals surface area contributed by atoms with Crippen LogP contribution >= 0.6 is 22.9 Å². The number of nitrogens with zero attached hydrogens (tertiary/aromatic N) is 2. The fourth-order valence-corrected chi connectivity index (χ4v) is 5.20. The first-order valence-corrected chi connectivity index (χ1v) is 12.0. The number of nitrogens with two attached hydrogens (primary N) is 2. The normalized spacial score (nSPS) is 16.3. The Bertz CT molecular complexity index is 1130. The molecule has 4 rings (SSSR count). The topological polar surface area (TPSA) is 141 Å². The number of para-hydroxylation sites is 1. The first-order chi connectivity index (χ1) is 16.0. The molecule has 0 radical (unpaired) electrons. The van der Waals surface area contributed by atoms with Crippen LogP contribution in [0, 0.1) is 0 Å². The second-order valence-corrected chi connectivity index (χ2v) is 9.20. The SMILES string of the molecule is NC(=O)c1nsc(C(=O)N(c2ccccc2)[C@@H](C(=O)NC[C@H]2CCCO2)c2cccs2)c1N. The van der Waals surface area contributed by atoms with Crippen LogP contribution in [0.25, 0.3) is 0 Å². The van der Waals surface area contributed by atoms with Crippen molar-refractivity contribution < 1.29 is 19.1 Å². The quantitative estimate of drug-likeness (QED) is 0.448. The van der Waals surface area contributed by atoms with Gasteiger partial charge in [0.25, 0.3) is 11.8 Å². The van der Waals surface area contributed by atoms with Crippen molar-refractivity contribution >= 4 is 52.0 Å². The number of hydrogen-bond donors (Lipinski definition) is 3. The molecular formula is C22H23N5O4S2. The molecule has 9 nitrogen and oxygen atoms in total. The van der Waals surface area contributed by atoms with Crippen molar-refractivity contribution in [3.63, 3.8) is 0 Å². The summed E-state index contributed by atoms with van der Waals surface area (Å²) in [6, 6.07) is 11.5. The Balaban J connectivity index is 1.73. The van der Waals surface area contributed by atoms with Crippen molar-refractivity contribution in [1.29, 1.82) is 0 Å². The number of rotatable bonds is 8. The number of nitrogens with one attached hydrogen (secondary N) is 1. The minimum absolute atomic E-state index is 0.0427. The average Bonchev–Trinajstić information content (AvgIpc) is 3.58. The molecule has 2 atom stereocenters. The van der Waals surface area contributed by atoms with E-state index < -0.39 is 17.9 Å². The van der Waals surface area contributed by atoms with Crippen LogP contribution in [0.1, 0.15) is 43.9 Å². The maximum atomic E-state index is 13.8. The van der Waals surface area contributed by atoms with Crippen LogP contribution in [0.15, 0.2) is 47.8 Å². The minimum Gasteiger partial charge on any atom is -0.395 e. The number of aromatic nitrogens is 1. The first kappa shape index (κ1) is 22.9. The van der Waals surface area contributed by atoms with Crippen molar-refractivity contribution in [2.45, 2.75) is 25.0 Å². The third-order valence-corrected chi connectivity index (χ3v) is 7.03. The van der Waals surface area contributed by atoms with Gasteiger partial charge < -0.3 is 21.5 Å². The van der Waals surface area contributed by atoms with E-state index in [-0.39, 0.29) is 28.3 Å². The van der Waals surface area contributed by atoms with E-state index in [9.17, 15) is 14.4 Å². The Morgan fingerprint density at radius 1 is 1.21 bits per heavy atom. The number of nitrogen functional groups attached to an aromatic ring is 1. The average molecular weight is 486 g/mol. The second-order valence-electron chi connectivity index (χ2n) is 7.45. The minimum atomic E-state index is -0.958. The van der Waals surface area contributed by atoms with Crippen LogP contribution < -0.4 is 21.7 Å². The lowest BCUT2D eigenvalue weighted by atomic mass is 10.1. The van der Waals surface area contributed by atoms with Gasteiger partial charge in [-0.2, -0.15) is 4.37 Å². The number of thiophene rings is 1. The highest BCUT2D eigenvalue weighted by molar-refractivity contribution is 7.10. The number of amides is 3. The molecular weight excluding hydrogens is 462 g/mol. The molecule has 1 saturated heterocycles. The molecule has 3 amide bonds. The van der Waals surface area contributed by atoms with E-state index in [1.165, 1.54) is 16.2 Å². The van der Waals surface area contributed by atoms with Crippen LogP contribution in [-0.4, -0.2) is 41.4 Å². The molecule has 33 heavy (non-hydrogen) atoms. The molecule has 3 heterocycles. The first-order valence-electron chi connectivity index (χ1n) is 10.3. The molecule has 1 aliphatic rings. The number of anilines is 2. The summed E-state index contributed by atoms with van der Waals surface area (Å²) in [6.45, 7) is 1.03. The van der Waals surface area contributed by atoms with Gasteiger partial charge in [0.15, 0.2) is 11.7 Å². The molecule has 1 fully saturated rings. The largest absolute Gasteiger partial charge is 0.395 e. The summed E-state index contributed by atoms with van der Waals surface area (Å²) in [5, 5.41) is 4.78. The smallest absolute Gasteiger partial charge is 0.273 e. The molecule has 0 spiro atoms. The zero-order chi connectivity index (χ0) is 23.4. The number of carbonyl (C=O) groups excluding carboxylic acids is 3. The highest BCUT2D eigenvalue weighted by atomic mass is 32.1. The van der Waals surface area contributed by atoms with Gasteiger partial charge in [-0.3, -0.25) is 19.3 Å². The fourth-order valence-electron chi connectivity index (χ4n) is 3.65. The van der Waals surface area contributed by atoms with Crippen molar-refractivity contribution in [3.05, 3.63) is 63.3 Å². The van der Waals surface area contributed by atoms with E-state index >= 15 is 0 Å². The zero-order valence-electron chi connectivity index (χ0n) is 17.6. The van der Waals surface area contributed by atoms with E-state index in [0.29, 0.717) is 23.7 Å². The predicted molar refractivity (Wildman–Crippen MR) is 127 cm³/mol. The Labute approximate surface area is 198 Å². The maximum Gasteiger partial charge on any atom is 0.273 e. The summed E-state index contributed by atoms with van der Waals surface area (Å²) in [5.41, 5.74) is 11.6. The van der Waals surface area contributed by atoms with Gasteiger partial charge in [0, 0.05) is 23.7 Å². The van der Waals surface area contributed by atoms with Crippen molar-refractivity contribution in [2.75, 3.05) is 23.8 Å². The van der Waals surface area contributed by atoms with Gasteiger partial charge >= 0.3 is 0 Å². The summed E-state index contributed by atoms with van der Waals surface area (Å²) < 4.78 is 9.57. The molecule has 1 aromatic carbocycles. The van der Waals surface area contributed by atoms with Crippen LogP contribution in [0.5, 0.6) is 0 Å². The number of primary amides is 1. The van der Waals surface area contributed by atoms with E-state index in [1.807, 2.05) is 17.5 Å². The Morgan fingerprint density at radius 3 is 2.61 bits per heavy atom. The molecule has 172 valence electrons. The molecule has 5 N–H and O–H groups in total. The summed E-state index contributed by atoms with van der Waals surface area (Å²) in [4.78, 5) is 41.0. The van der Waals surface area contributed by atoms with Crippen molar-refractivity contribution in [2.24, 2.45) is 5.73 Å². The van der Waals surface area contributed by atoms with Crippen molar-refractivity contribution in [1.82, 2.24) is 9.69 Å². The summed E-state index contributed by atoms with van der Waals surface area (Å²) >= 11 is 2.14. The van der Waals surface area contributed by atoms with Gasteiger partial charge in [-0.15, -0.1) is 11.3 Å². The van der Waals surface area contributed by atoms with E-state index in [4.69, 9.17) is 16.2 Å². The van der Waals surface area contributed by atoms with Crippen LogP contribution in [-0.2, 0) is 9.53 Å². The molecule has 11 heteroatoms. The molecule has 2 aromatic heterocycles. The Morgan fingerprint density at radius 2 is 2.00 bits per heavy atom. The number of hydrogen-bond acceptors (Lipinski definition) is 8. The van der Waals surface area contributed by atoms with Crippen LogP contribution in [0.3, 0.4) is 0 Å². The standard InChI is InChI=1S/C22H23N5O4S2/c23-16-17(20(24)28)26-33-19(16)22(30)27(13-6-2-1-3-7-13)18(15-9-5-11-32-15)21(29)25-12-14-8-4-10-31-14/h1-3,5-7,9,11,14,18H,4,8,10,12,23H2,(H2,24,28)(H,25,29)/t14-,18-/m1/s1. The summed E-state index contributed by atoms with van der Waals surface area (Å²) in [5.74, 6) is -1.71. The number of carbonyl (C=O) groups is 3. The lowest BCUT2D eigenvalue weighted by Gasteiger charge is -2.30. The Kier molecular flexibility index (Phi) is 7.02. The van der Waals surface area contributed by atoms with Crippen LogP contribution in [0.4, 0.5) is 11.4 Å². The summed E-state index contributed by atoms with van der Waals surface area (Å²) in [6.07, 6.45) is 1.78. The maximum absolute atomic E-state index is 13.8. The van der Waals surface area contributed by atoms with Crippen molar-refractivity contribution in [3.8, 4) is 0 Å². The Hall–Kier alpha value is -3.28. The monoisotopic (exact) mass is 485 g/mol. The van der Waals surface area contributed by atoms with Gasteiger partial charge in [-0.05, 0) is 48.0 Å². The second kappa shape index (κ2) is 10.1. The van der Waals surface area contributed by atoms with E-state index in [2.05, 4.69) is 9.69 Å². The molecule has 0 bridgehead atoms. The molecule has 3 aromatic rings. The van der Waals surface area contributed by atoms with E-state index in [0.717, 1.165) is 24.4 Å². The number of benzene rings is 1. The molecule has 0 unspecified atom stereocenters. The lowest BCUT2D eigenvalue weighted by Crippen LogP contribution is -2.45. The highest BCUT2D eigenvalue weighted by Crippen LogP contribution is 2.34.